The zero-order chi connectivity index (χ0) is 18.4. The molecule has 7 nitrogen and oxygen atoms in total. The second-order valence-corrected chi connectivity index (χ2v) is 5.40. The summed E-state index contributed by atoms with van der Waals surface area (Å²) in [5.41, 5.74) is 2.35. The summed E-state index contributed by atoms with van der Waals surface area (Å²) in [7, 11) is 3.21. The number of anilines is 3. The van der Waals surface area contributed by atoms with E-state index in [-0.39, 0.29) is 0 Å². The van der Waals surface area contributed by atoms with Crippen LogP contribution in [0, 0.1) is 0 Å². The van der Waals surface area contributed by atoms with Crippen LogP contribution in [0.15, 0.2) is 48.7 Å². The Balaban J connectivity index is 1.95. The van der Waals surface area contributed by atoms with Crippen LogP contribution in [0.5, 0.6) is 11.5 Å². The molecule has 0 unspecified atom stereocenters. The van der Waals surface area contributed by atoms with Crippen LogP contribution in [0.1, 0.15) is 6.92 Å². The molecule has 3 aromatic rings. The van der Waals surface area contributed by atoms with Crippen LogP contribution in [0.2, 0.25) is 0 Å². The minimum atomic E-state index is 0.540. The maximum atomic E-state index is 5.35. The first-order chi connectivity index (χ1) is 12.7. The van der Waals surface area contributed by atoms with Crippen LogP contribution >= 0.6 is 0 Å². The average molecular weight is 351 g/mol. The number of benzene rings is 1. The molecular formula is C19H21N5O2. The van der Waals surface area contributed by atoms with Crippen LogP contribution in [-0.2, 0) is 0 Å². The van der Waals surface area contributed by atoms with Crippen LogP contribution < -0.4 is 20.1 Å². The van der Waals surface area contributed by atoms with E-state index < -0.39 is 0 Å². The fourth-order valence-corrected chi connectivity index (χ4v) is 2.46. The summed E-state index contributed by atoms with van der Waals surface area (Å²) in [4.78, 5) is 13.4. The van der Waals surface area contributed by atoms with Gasteiger partial charge in [-0.05, 0) is 31.2 Å². The van der Waals surface area contributed by atoms with Crippen molar-refractivity contribution in [1.29, 1.82) is 0 Å². The quantitative estimate of drug-likeness (QED) is 0.671. The molecule has 1 aromatic carbocycles. The lowest BCUT2D eigenvalue weighted by atomic mass is 10.2. The SMILES string of the molecule is CCNc1nc(Nc2ccc(OC)c(OC)c2)cc(-c2ccccn2)n1. The van der Waals surface area contributed by atoms with Gasteiger partial charge in [0.1, 0.15) is 5.82 Å². The third kappa shape index (κ3) is 4.00. The standard InChI is InChI=1S/C19H21N5O2/c1-4-20-19-23-15(14-7-5-6-10-21-14)12-18(24-19)22-13-8-9-16(25-2)17(11-13)26-3/h5-12H,4H2,1-3H3,(H2,20,22,23,24). The lowest BCUT2D eigenvalue weighted by Gasteiger charge is -2.12. The van der Waals surface area contributed by atoms with Gasteiger partial charge in [-0.2, -0.15) is 4.98 Å². The summed E-state index contributed by atoms with van der Waals surface area (Å²) in [5, 5.41) is 6.43. The molecule has 0 aliphatic rings. The number of rotatable bonds is 7. The first-order valence-electron chi connectivity index (χ1n) is 8.27. The molecule has 3 rings (SSSR count). The molecular weight excluding hydrogens is 330 g/mol. The molecule has 0 spiro atoms. The largest absolute Gasteiger partial charge is 0.493 e. The van der Waals surface area contributed by atoms with Crippen LogP contribution in [0.3, 0.4) is 0 Å². The number of aromatic nitrogens is 3. The molecule has 0 amide bonds. The summed E-state index contributed by atoms with van der Waals surface area (Å²) in [6.07, 6.45) is 1.74. The van der Waals surface area contributed by atoms with E-state index in [2.05, 4.69) is 25.6 Å². The van der Waals surface area contributed by atoms with Gasteiger partial charge in [0.05, 0.1) is 25.6 Å². The molecule has 0 aliphatic carbocycles. The van der Waals surface area contributed by atoms with Gasteiger partial charge in [-0.15, -0.1) is 0 Å². The number of hydrogen-bond donors (Lipinski definition) is 2. The van der Waals surface area contributed by atoms with Crippen molar-refractivity contribution in [1.82, 2.24) is 15.0 Å². The Morgan fingerprint density at radius 2 is 1.77 bits per heavy atom. The average Bonchev–Trinajstić information content (AvgIpc) is 2.68. The van der Waals surface area contributed by atoms with E-state index in [0.29, 0.717) is 23.3 Å². The van der Waals surface area contributed by atoms with Crippen molar-refractivity contribution in [2.45, 2.75) is 6.92 Å². The molecule has 134 valence electrons. The van der Waals surface area contributed by atoms with E-state index in [1.807, 2.05) is 49.4 Å². The van der Waals surface area contributed by atoms with Gasteiger partial charge in [0, 0.05) is 30.6 Å². The predicted octanol–water partition coefficient (Wildman–Crippen LogP) is 3.73. The molecule has 0 atom stereocenters. The number of pyridine rings is 1. The third-order valence-corrected chi connectivity index (χ3v) is 3.64. The molecule has 0 saturated carbocycles. The Bertz CT molecular complexity index is 871. The summed E-state index contributed by atoms with van der Waals surface area (Å²) in [6, 6.07) is 13.2. The Morgan fingerprint density at radius 1 is 0.923 bits per heavy atom. The molecule has 2 N–H and O–H groups in total. The monoisotopic (exact) mass is 351 g/mol. The zero-order valence-electron chi connectivity index (χ0n) is 15.0. The maximum Gasteiger partial charge on any atom is 0.225 e. The van der Waals surface area contributed by atoms with Crippen molar-refractivity contribution in [3.05, 3.63) is 48.7 Å². The molecule has 26 heavy (non-hydrogen) atoms. The Hall–Kier alpha value is -3.35. The van der Waals surface area contributed by atoms with Gasteiger partial charge < -0.3 is 20.1 Å². The van der Waals surface area contributed by atoms with Gasteiger partial charge in [0.2, 0.25) is 5.95 Å². The summed E-state index contributed by atoms with van der Waals surface area (Å²) in [6.45, 7) is 2.72. The van der Waals surface area contributed by atoms with E-state index in [4.69, 9.17) is 9.47 Å². The predicted molar refractivity (Wildman–Crippen MR) is 102 cm³/mol. The number of hydrogen-bond acceptors (Lipinski definition) is 7. The minimum absolute atomic E-state index is 0.540. The Labute approximate surface area is 152 Å². The molecule has 0 radical (unpaired) electrons. The van der Waals surface area contributed by atoms with E-state index >= 15 is 0 Å². The van der Waals surface area contributed by atoms with E-state index in [1.54, 1.807) is 20.4 Å². The fraction of sp³-hybridized carbons (Fsp3) is 0.211. The molecule has 0 fully saturated rings. The fourth-order valence-electron chi connectivity index (χ4n) is 2.46. The number of methoxy groups -OCH3 is 2. The van der Waals surface area contributed by atoms with E-state index in [0.717, 1.165) is 23.6 Å². The normalized spacial score (nSPS) is 10.3. The van der Waals surface area contributed by atoms with Gasteiger partial charge in [0.15, 0.2) is 11.5 Å². The third-order valence-electron chi connectivity index (χ3n) is 3.64. The van der Waals surface area contributed by atoms with Gasteiger partial charge >= 0.3 is 0 Å². The highest BCUT2D eigenvalue weighted by molar-refractivity contribution is 5.67. The van der Waals surface area contributed by atoms with Crippen molar-refractivity contribution in [3.63, 3.8) is 0 Å². The van der Waals surface area contributed by atoms with Crippen molar-refractivity contribution >= 4 is 17.5 Å². The van der Waals surface area contributed by atoms with Crippen molar-refractivity contribution < 1.29 is 9.47 Å². The van der Waals surface area contributed by atoms with Crippen molar-refractivity contribution in [2.24, 2.45) is 0 Å². The molecule has 2 heterocycles. The lowest BCUT2D eigenvalue weighted by molar-refractivity contribution is 0.355. The summed E-state index contributed by atoms with van der Waals surface area (Å²) >= 11 is 0. The van der Waals surface area contributed by atoms with Gasteiger partial charge in [-0.1, -0.05) is 6.07 Å². The van der Waals surface area contributed by atoms with Crippen LogP contribution in [0.25, 0.3) is 11.4 Å². The zero-order valence-corrected chi connectivity index (χ0v) is 15.0. The second kappa shape index (κ2) is 8.15. The van der Waals surface area contributed by atoms with E-state index in [1.165, 1.54) is 0 Å². The van der Waals surface area contributed by atoms with Crippen molar-refractivity contribution in [3.8, 4) is 22.9 Å². The molecule has 2 aromatic heterocycles. The topological polar surface area (TPSA) is 81.2 Å². The van der Waals surface area contributed by atoms with E-state index in [9.17, 15) is 0 Å². The molecule has 0 saturated heterocycles. The van der Waals surface area contributed by atoms with Crippen molar-refractivity contribution in [2.75, 3.05) is 31.4 Å². The smallest absolute Gasteiger partial charge is 0.225 e. The van der Waals surface area contributed by atoms with Gasteiger partial charge in [-0.25, -0.2) is 4.98 Å². The highest BCUT2D eigenvalue weighted by atomic mass is 16.5. The lowest BCUT2D eigenvalue weighted by Crippen LogP contribution is -2.05. The molecule has 7 heteroatoms. The van der Waals surface area contributed by atoms with Gasteiger partial charge in [0.25, 0.3) is 0 Å². The highest BCUT2D eigenvalue weighted by Crippen LogP contribution is 2.31. The first-order valence-corrected chi connectivity index (χ1v) is 8.27. The number of ether oxygens (including phenoxy) is 2. The summed E-state index contributed by atoms with van der Waals surface area (Å²) < 4.78 is 10.6. The summed E-state index contributed by atoms with van der Waals surface area (Å²) in [5.74, 6) is 2.51. The Morgan fingerprint density at radius 3 is 2.46 bits per heavy atom. The van der Waals surface area contributed by atoms with Gasteiger partial charge in [-0.3, -0.25) is 4.98 Å². The molecule has 0 bridgehead atoms. The van der Waals surface area contributed by atoms with Crippen LogP contribution in [-0.4, -0.2) is 35.7 Å². The Kier molecular flexibility index (Phi) is 5.48. The second-order valence-electron chi connectivity index (χ2n) is 5.40. The minimum Gasteiger partial charge on any atom is -0.493 e. The first kappa shape index (κ1) is 17.5. The maximum absolute atomic E-state index is 5.35. The number of nitrogens with zero attached hydrogens (tertiary/aromatic N) is 3. The van der Waals surface area contributed by atoms with Crippen LogP contribution in [0.4, 0.5) is 17.5 Å². The number of nitrogens with one attached hydrogen (secondary N) is 2. The molecule has 0 aliphatic heterocycles. The highest BCUT2D eigenvalue weighted by Gasteiger charge is 2.09.